The van der Waals surface area contributed by atoms with Gasteiger partial charge in [-0.15, -0.1) is 6.58 Å². The second-order valence-electron chi connectivity index (χ2n) is 4.42. The Morgan fingerprint density at radius 1 is 1.52 bits per heavy atom. The number of benzene rings is 1. The number of carbonyl (C=O) groups is 1. The van der Waals surface area contributed by atoms with Gasteiger partial charge in [-0.2, -0.15) is 8.78 Å². The second kappa shape index (κ2) is 7.73. The van der Waals surface area contributed by atoms with Crippen molar-refractivity contribution in [3.05, 3.63) is 42.5 Å². The van der Waals surface area contributed by atoms with Gasteiger partial charge in [0, 0.05) is 6.54 Å². The van der Waals surface area contributed by atoms with Crippen LogP contribution in [0.2, 0.25) is 0 Å². The number of hydrogen-bond acceptors (Lipinski definition) is 4. The van der Waals surface area contributed by atoms with E-state index in [0.717, 1.165) is 0 Å². The molecule has 0 aliphatic rings. The molecular weight excluding hydrogens is 280 g/mol. The highest BCUT2D eigenvalue weighted by Gasteiger charge is 2.36. The molecule has 1 N–H and O–H groups in total. The normalized spacial score (nSPS) is 13.6. The van der Waals surface area contributed by atoms with Gasteiger partial charge in [0.25, 0.3) is 0 Å². The molecule has 0 bridgehead atoms. The summed E-state index contributed by atoms with van der Waals surface area (Å²) in [4.78, 5) is 12.2. The molecule has 0 fully saturated rings. The lowest BCUT2D eigenvalue weighted by atomic mass is 9.91. The molecule has 1 rings (SSSR count). The van der Waals surface area contributed by atoms with Crippen molar-refractivity contribution >= 4 is 5.97 Å². The molecular formula is C15H19F2NO3. The number of alkyl halides is 2. The molecule has 6 heteroatoms. The maximum atomic E-state index is 12.3. The lowest BCUT2D eigenvalue weighted by Crippen LogP contribution is -2.47. The molecule has 21 heavy (non-hydrogen) atoms. The minimum Gasteiger partial charge on any atom is -0.464 e. The van der Waals surface area contributed by atoms with Crippen LogP contribution in [-0.2, 0) is 15.1 Å². The van der Waals surface area contributed by atoms with Crippen LogP contribution in [0.15, 0.2) is 36.9 Å². The molecule has 1 aromatic carbocycles. The quantitative estimate of drug-likeness (QED) is 0.592. The fraction of sp³-hybridized carbons (Fsp3) is 0.400. The standard InChI is InChI=1S/C15H19F2NO3/c1-4-9-18-15(3,13(19)20-5-2)11-7-6-8-12(10-11)21-14(16)17/h4,6-8,10,14,18H,1,5,9H2,2-3H3. The Bertz CT molecular complexity index is 494. The van der Waals surface area contributed by atoms with Crippen LogP contribution in [0.25, 0.3) is 0 Å². The first-order chi connectivity index (χ1) is 9.93. The van der Waals surface area contributed by atoms with Gasteiger partial charge in [0.1, 0.15) is 11.3 Å². The summed E-state index contributed by atoms with van der Waals surface area (Å²) in [6.07, 6.45) is 1.59. The summed E-state index contributed by atoms with van der Waals surface area (Å²) in [7, 11) is 0. The van der Waals surface area contributed by atoms with Crippen LogP contribution in [0.3, 0.4) is 0 Å². The van der Waals surface area contributed by atoms with E-state index in [4.69, 9.17) is 4.74 Å². The van der Waals surface area contributed by atoms with Crippen molar-refractivity contribution in [1.82, 2.24) is 5.32 Å². The highest BCUT2D eigenvalue weighted by atomic mass is 19.3. The monoisotopic (exact) mass is 299 g/mol. The SMILES string of the molecule is C=CCNC(C)(C(=O)OCC)c1cccc(OC(F)F)c1. The van der Waals surface area contributed by atoms with Gasteiger partial charge in [-0.25, -0.2) is 4.79 Å². The number of esters is 1. The maximum Gasteiger partial charge on any atom is 0.387 e. The van der Waals surface area contributed by atoms with Crippen LogP contribution < -0.4 is 10.1 Å². The average molecular weight is 299 g/mol. The van der Waals surface area contributed by atoms with Crippen LogP contribution >= 0.6 is 0 Å². The molecule has 116 valence electrons. The first-order valence-corrected chi connectivity index (χ1v) is 6.52. The molecule has 0 heterocycles. The fourth-order valence-corrected chi connectivity index (χ4v) is 1.83. The van der Waals surface area contributed by atoms with Crippen LogP contribution in [0.5, 0.6) is 5.75 Å². The Morgan fingerprint density at radius 2 is 2.24 bits per heavy atom. The lowest BCUT2D eigenvalue weighted by Gasteiger charge is -2.29. The van der Waals surface area contributed by atoms with Crippen molar-refractivity contribution in [1.29, 1.82) is 0 Å². The summed E-state index contributed by atoms with van der Waals surface area (Å²) >= 11 is 0. The largest absolute Gasteiger partial charge is 0.464 e. The molecule has 0 saturated heterocycles. The van der Waals surface area contributed by atoms with E-state index in [1.54, 1.807) is 32.1 Å². The third kappa shape index (κ3) is 4.53. The lowest BCUT2D eigenvalue weighted by molar-refractivity contribution is -0.150. The number of carbonyl (C=O) groups excluding carboxylic acids is 1. The number of halogens is 2. The van der Waals surface area contributed by atoms with Crippen molar-refractivity contribution < 1.29 is 23.0 Å². The third-order valence-electron chi connectivity index (χ3n) is 2.92. The van der Waals surface area contributed by atoms with Crippen LogP contribution in [-0.4, -0.2) is 25.7 Å². The Balaban J connectivity index is 3.12. The van der Waals surface area contributed by atoms with Gasteiger partial charge >= 0.3 is 12.6 Å². The maximum absolute atomic E-state index is 12.3. The molecule has 0 radical (unpaired) electrons. The fourth-order valence-electron chi connectivity index (χ4n) is 1.83. The molecule has 0 saturated carbocycles. The van der Waals surface area contributed by atoms with Crippen molar-refractivity contribution in [2.75, 3.05) is 13.2 Å². The third-order valence-corrected chi connectivity index (χ3v) is 2.92. The first-order valence-electron chi connectivity index (χ1n) is 6.52. The number of nitrogens with one attached hydrogen (secondary N) is 1. The van der Waals surface area contributed by atoms with E-state index in [1.165, 1.54) is 12.1 Å². The molecule has 0 aliphatic carbocycles. The molecule has 0 aromatic heterocycles. The van der Waals surface area contributed by atoms with Gasteiger partial charge in [0.05, 0.1) is 6.61 Å². The molecule has 1 atom stereocenters. The molecule has 0 aliphatic heterocycles. The van der Waals surface area contributed by atoms with Crippen LogP contribution in [0, 0.1) is 0 Å². The van der Waals surface area contributed by atoms with E-state index in [9.17, 15) is 13.6 Å². The van der Waals surface area contributed by atoms with Crippen molar-refractivity contribution in [2.24, 2.45) is 0 Å². The molecule has 0 amide bonds. The zero-order valence-corrected chi connectivity index (χ0v) is 12.1. The van der Waals surface area contributed by atoms with Gasteiger partial charge in [-0.1, -0.05) is 18.2 Å². The highest BCUT2D eigenvalue weighted by molar-refractivity contribution is 5.82. The van der Waals surface area contributed by atoms with E-state index in [0.29, 0.717) is 12.1 Å². The van der Waals surface area contributed by atoms with E-state index in [-0.39, 0.29) is 12.4 Å². The van der Waals surface area contributed by atoms with Crippen molar-refractivity contribution in [2.45, 2.75) is 26.0 Å². The zero-order valence-electron chi connectivity index (χ0n) is 12.1. The number of hydrogen-bond donors (Lipinski definition) is 1. The Morgan fingerprint density at radius 3 is 2.81 bits per heavy atom. The van der Waals surface area contributed by atoms with E-state index < -0.39 is 18.1 Å². The van der Waals surface area contributed by atoms with Crippen molar-refractivity contribution in [3.8, 4) is 5.75 Å². The first kappa shape index (κ1) is 17.1. The average Bonchev–Trinajstić information content (AvgIpc) is 2.44. The van der Waals surface area contributed by atoms with Gasteiger partial charge in [0.15, 0.2) is 0 Å². The van der Waals surface area contributed by atoms with Crippen LogP contribution in [0.1, 0.15) is 19.4 Å². The zero-order chi connectivity index (χ0) is 15.9. The van der Waals surface area contributed by atoms with Crippen molar-refractivity contribution in [3.63, 3.8) is 0 Å². The topological polar surface area (TPSA) is 47.6 Å². The number of ether oxygens (including phenoxy) is 2. The summed E-state index contributed by atoms with van der Waals surface area (Å²) in [5, 5.41) is 2.99. The Hall–Kier alpha value is -1.95. The molecule has 4 nitrogen and oxygen atoms in total. The summed E-state index contributed by atoms with van der Waals surface area (Å²) < 4.78 is 34.0. The van der Waals surface area contributed by atoms with Gasteiger partial charge in [-0.05, 0) is 31.5 Å². The summed E-state index contributed by atoms with van der Waals surface area (Å²) in [5.41, 5.74) is -0.702. The van der Waals surface area contributed by atoms with E-state index >= 15 is 0 Å². The summed E-state index contributed by atoms with van der Waals surface area (Å²) in [6.45, 7) is 4.55. The molecule has 1 unspecified atom stereocenters. The van der Waals surface area contributed by atoms with Gasteiger partial charge < -0.3 is 9.47 Å². The smallest absolute Gasteiger partial charge is 0.387 e. The highest BCUT2D eigenvalue weighted by Crippen LogP contribution is 2.26. The van der Waals surface area contributed by atoms with Gasteiger partial charge in [0.2, 0.25) is 0 Å². The summed E-state index contributed by atoms with van der Waals surface area (Å²) in [6, 6.07) is 5.97. The predicted octanol–water partition coefficient (Wildman–Crippen LogP) is 2.84. The minimum absolute atomic E-state index is 0.0153. The summed E-state index contributed by atoms with van der Waals surface area (Å²) in [5.74, 6) is -0.514. The number of rotatable bonds is 8. The predicted molar refractivity (Wildman–Crippen MR) is 75.3 cm³/mol. The van der Waals surface area contributed by atoms with Crippen LogP contribution in [0.4, 0.5) is 8.78 Å². The van der Waals surface area contributed by atoms with E-state index in [2.05, 4.69) is 16.6 Å². The Kier molecular flexibility index (Phi) is 6.30. The second-order valence-corrected chi connectivity index (χ2v) is 4.42. The minimum atomic E-state index is -2.92. The molecule has 0 spiro atoms. The van der Waals surface area contributed by atoms with E-state index in [1.807, 2.05) is 0 Å². The van der Waals surface area contributed by atoms with Gasteiger partial charge in [-0.3, -0.25) is 5.32 Å². The molecule has 1 aromatic rings. The Labute approximate surface area is 122 Å².